The molecule has 3 heteroatoms. The molecule has 1 N–H and O–H groups in total. The highest BCUT2D eigenvalue weighted by Crippen LogP contribution is 2.35. The van der Waals surface area contributed by atoms with Crippen molar-refractivity contribution in [3.05, 3.63) is 107 Å². The molecule has 3 aromatic carbocycles. The van der Waals surface area contributed by atoms with Crippen molar-refractivity contribution < 1.29 is 14.6 Å². The second kappa shape index (κ2) is 9.56. The summed E-state index contributed by atoms with van der Waals surface area (Å²) in [6.07, 6.45) is 3.63. The van der Waals surface area contributed by atoms with Crippen molar-refractivity contribution >= 4 is 23.2 Å². The predicted octanol–water partition coefficient (Wildman–Crippen LogP) is 6.16. The molecule has 0 aromatic heterocycles. The van der Waals surface area contributed by atoms with E-state index in [1.54, 1.807) is 13.2 Å². The maximum atomic E-state index is 10.8. The van der Waals surface area contributed by atoms with E-state index in [1.807, 2.05) is 42.5 Å². The first kappa shape index (κ1) is 20.2. The van der Waals surface area contributed by atoms with Gasteiger partial charge in [-0.15, -0.1) is 0 Å². The molecule has 0 aliphatic heterocycles. The Hall–Kier alpha value is -3.59. The van der Waals surface area contributed by atoms with Gasteiger partial charge in [-0.05, 0) is 58.0 Å². The minimum atomic E-state index is -0.953. The lowest BCUT2D eigenvalue weighted by Gasteiger charge is -2.17. The summed E-state index contributed by atoms with van der Waals surface area (Å²) in [5.74, 6) is -0.134. The van der Waals surface area contributed by atoms with Crippen molar-refractivity contribution in [2.45, 2.75) is 13.3 Å². The van der Waals surface area contributed by atoms with E-state index in [4.69, 9.17) is 9.84 Å². The number of hydrogen-bond donors (Lipinski definition) is 1. The van der Waals surface area contributed by atoms with Crippen LogP contribution in [0.5, 0.6) is 5.75 Å². The highest BCUT2D eigenvalue weighted by molar-refractivity contribution is 5.98. The van der Waals surface area contributed by atoms with Crippen molar-refractivity contribution in [3.8, 4) is 5.75 Å². The van der Waals surface area contributed by atoms with Gasteiger partial charge in [0, 0.05) is 6.08 Å². The Kier molecular flexibility index (Phi) is 6.64. The number of carbonyl (C=O) groups is 1. The van der Waals surface area contributed by atoms with Crippen LogP contribution in [-0.4, -0.2) is 18.2 Å². The van der Waals surface area contributed by atoms with E-state index < -0.39 is 5.97 Å². The van der Waals surface area contributed by atoms with E-state index in [0.29, 0.717) is 0 Å². The minimum absolute atomic E-state index is 0.819. The van der Waals surface area contributed by atoms with Gasteiger partial charge in [-0.2, -0.15) is 0 Å². The number of carboxylic acids is 1. The number of ether oxygens (including phenoxy) is 1. The van der Waals surface area contributed by atoms with Crippen LogP contribution in [0.2, 0.25) is 0 Å². The van der Waals surface area contributed by atoms with Crippen LogP contribution < -0.4 is 4.74 Å². The maximum Gasteiger partial charge on any atom is 0.328 e. The largest absolute Gasteiger partial charge is 0.497 e. The molecule has 0 heterocycles. The van der Waals surface area contributed by atoms with E-state index in [2.05, 4.69) is 43.3 Å². The highest BCUT2D eigenvalue weighted by Gasteiger charge is 2.13. The van der Waals surface area contributed by atoms with Crippen molar-refractivity contribution in [1.29, 1.82) is 0 Å². The van der Waals surface area contributed by atoms with Gasteiger partial charge >= 0.3 is 5.97 Å². The Morgan fingerprint density at radius 1 is 0.862 bits per heavy atom. The summed E-state index contributed by atoms with van der Waals surface area (Å²) >= 11 is 0. The number of rotatable bonds is 7. The number of aliphatic carboxylic acids is 1. The van der Waals surface area contributed by atoms with Crippen LogP contribution in [0.1, 0.15) is 35.6 Å². The summed E-state index contributed by atoms with van der Waals surface area (Å²) in [6, 6.07) is 26.4. The van der Waals surface area contributed by atoms with Gasteiger partial charge in [0.1, 0.15) is 5.75 Å². The van der Waals surface area contributed by atoms with Crippen LogP contribution in [-0.2, 0) is 4.79 Å². The molecule has 0 unspecified atom stereocenters. The molecule has 0 aliphatic carbocycles. The summed E-state index contributed by atoms with van der Waals surface area (Å²) in [7, 11) is 1.66. The lowest BCUT2D eigenvalue weighted by Crippen LogP contribution is -1.95. The van der Waals surface area contributed by atoms with Gasteiger partial charge in [0.25, 0.3) is 0 Å². The zero-order valence-corrected chi connectivity index (χ0v) is 16.6. The van der Waals surface area contributed by atoms with E-state index in [0.717, 1.165) is 40.5 Å². The molecule has 0 spiro atoms. The molecule has 0 atom stereocenters. The zero-order chi connectivity index (χ0) is 20.6. The second-order valence-electron chi connectivity index (χ2n) is 6.60. The molecular weight excluding hydrogens is 360 g/mol. The fourth-order valence-corrected chi connectivity index (χ4v) is 3.37. The average Bonchev–Trinajstić information content (AvgIpc) is 2.77. The molecule has 0 saturated carbocycles. The van der Waals surface area contributed by atoms with Gasteiger partial charge in [-0.25, -0.2) is 4.79 Å². The standard InChI is InChI=1S/C26H24O3/c1-3-24(20-7-5-4-6-8-20)26(22-14-16-23(29-2)17-15-22)21-12-9-19(10-13-21)11-18-25(27)28/h4-18H,3H2,1-2H3,(H,27,28)/b18-11+,26-24+. The monoisotopic (exact) mass is 384 g/mol. The zero-order valence-electron chi connectivity index (χ0n) is 16.6. The summed E-state index contributed by atoms with van der Waals surface area (Å²) in [5, 5.41) is 8.84. The molecule has 3 rings (SSSR count). The fraction of sp³-hybridized carbons (Fsp3) is 0.115. The highest BCUT2D eigenvalue weighted by atomic mass is 16.5. The van der Waals surface area contributed by atoms with E-state index in [1.165, 1.54) is 11.1 Å². The lowest BCUT2D eigenvalue weighted by atomic mass is 9.88. The molecule has 0 radical (unpaired) electrons. The number of methoxy groups -OCH3 is 1. The number of benzene rings is 3. The van der Waals surface area contributed by atoms with Crippen LogP contribution in [0.15, 0.2) is 84.9 Å². The summed E-state index contributed by atoms with van der Waals surface area (Å²) in [6.45, 7) is 2.16. The SMILES string of the molecule is CC/C(=C(/c1ccc(/C=C/C(=O)O)cc1)c1ccc(OC)cc1)c1ccccc1. The van der Waals surface area contributed by atoms with Gasteiger partial charge in [-0.1, -0.05) is 73.7 Å². The Morgan fingerprint density at radius 3 is 1.97 bits per heavy atom. The van der Waals surface area contributed by atoms with Gasteiger partial charge in [0.15, 0.2) is 0 Å². The van der Waals surface area contributed by atoms with Crippen LogP contribution in [0.4, 0.5) is 0 Å². The molecular formula is C26H24O3. The Balaban J connectivity index is 2.14. The van der Waals surface area contributed by atoms with Crippen LogP contribution in [0.25, 0.3) is 17.2 Å². The molecule has 3 nitrogen and oxygen atoms in total. The third kappa shape index (κ3) is 5.02. The lowest BCUT2D eigenvalue weighted by molar-refractivity contribution is -0.131. The average molecular weight is 384 g/mol. The van der Waals surface area contributed by atoms with Gasteiger partial charge in [-0.3, -0.25) is 0 Å². The molecule has 3 aromatic rings. The van der Waals surface area contributed by atoms with Crippen LogP contribution >= 0.6 is 0 Å². The van der Waals surface area contributed by atoms with Gasteiger partial charge in [0.05, 0.1) is 7.11 Å². The normalized spacial score (nSPS) is 11.9. The number of allylic oxidation sites excluding steroid dienone is 1. The van der Waals surface area contributed by atoms with Crippen molar-refractivity contribution in [2.75, 3.05) is 7.11 Å². The molecule has 0 fully saturated rings. The first-order valence-corrected chi connectivity index (χ1v) is 9.56. The minimum Gasteiger partial charge on any atom is -0.497 e. The van der Waals surface area contributed by atoms with E-state index in [-0.39, 0.29) is 0 Å². The topological polar surface area (TPSA) is 46.5 Å². The quantitative estimate of drug-likeness (QED) is 0.392. The summed E-state index contributed by atoms with van der Waals surface area (Å²) in [4.78, 5) is 10.8. The van der Waals surface area contributed by atoms with Crippen molar-refractivity contribution in [3.63, 3.8) is 0 Å². The molecule has 0 amide bonds. The molecule has 0 aliphatic rings. The Labute approximate surface area is 171 Å². The summed E-state index contributed by atoms with van der Waals surface area (Å²) in [5.41, 5.74) is 6.65. The Morgan fingerprint density at radius 2 is 1.45 bits per heavy atom. The molecule has 146 valence electrons. The number of carboxylic acid groups (broad SMARTS) is 1. The summed E-state index contributed by atoms with van der Waals surface area (Å²) < 4.78 is 5.32. The molecule has 0 saturated heterocycles. The van der Waals surface area contributed by atoms with E-state index >= 15 is 0 Å². The molecule has 29 heavy (non-hydrogen) atoms. The first-order chi connectivity index (χ1) is 14.1. The number of hydrogen-bond acceptors (Lipinski definition) is 2. The first-order valence-electron chi connectivity index (χ1n) is 9.56. The van der Waals surface area contributed by atoms with Gasteiger partial charge < -0.3 is 9.84 Å². The third-order valence-corrected chi connectivity index (χ3v) is 4.77. The predicted molar refractivity (Wildman–Crippen MR) is 119 cm³/mol. The molecule has 0 bridgehead atoms. The van der Waals surface area contributed by atoms with Crippen molar-refractivity contribution in [2.24, 2.45) is 0 Å². The maximum absolute atomic E-state index is 10.8. The van der Waals surface area contributed by atoms with E-state index in [9.17, 15) is 4.79 Å². The smallest absolute Gasteiger partial charge is 0.328 e. The van der Waals surface area contributed by atoms with Crippen molar-refractivity contribution in [1.82, 2.24) is 0 Å². The fourth-order valence-electron chi connectivity index (χ4n) is 3.37. The second-order valence-corrected chi connectivity index (χ2v) is 6.60. The van der Waals surface area contributed by atoms with Gasteiger partial charge in [0.2, 0.25) is 0 Å². The third-order valence-electron chi connectivity index (χ3n) is 4.77. The van der Waals surface area contributed by atoms with Crippen LogP contribution in [0.3, 0.4) is 0 Å². The Bertz CT molecular complexity index is 1010. The van der Waals surface area contributed by atoms with Crippen LogP contribution in [0, 0.1) is 0 Å².